The van der Waals surface area contributed by atoms with Crippen LogP contribution in [0.4, 0.5) is 11.4 Å². The summed E-state index contributed by atoms with van der Waals surface area (Å²) in [5.41, 5.74) is 5.09. The van der Waals surface area contributed by atoms with E-state index in [1.54, 1.807) is 6.20 Å². The molecule has 1 unspecified atom stereocenters. The lowest BCUT2D eigenvalue weighted by Gasteiger charge is -2.35. The van der Waals surface area contributed by atoms with E-state index in [0.717, 1.165) is 53.8 Å². The second-order valence-corrected chi connectivity index (χ2v) is 7.87. The largest absolute Gasteiger partial charge is 0.354 e. The molecule has 1 aromatic carbocycles. The summed E-state index contributed by atoms with van der Waals surface area (Å²) in [5.74, 6) is 0.0580. The van der Waals surface area contributed by atoms with Gasteiger partial charge in [-0.1, -0.05) is 25.1 Å². The Kier molecular flexibility index (Phi) is 5.47. The Morgan fingerprint density at radius 2 is 2.00 bits per heavy atom. The molecule has 2 aromatic heterocycles. The Labute approximate surface area is 172 Å². The van der Waals surface area contributed by atoms with Crippen LogP contribution in [0.15, 0.2) is 42.6 Å². The van der Waals surface area contributed by atoms with Crippen molar-refractivity contribution in [3.8, 4) is 0 Å². The summed E-state index contributed by atoms with van der Waals surface area (Å²) < 4.78 is 0. The highest BCUT2D eigenvalue weighted by atomic mass is 16.2. The molecule has 1 fully saturated rings. The van der Waals surface area contributed by atoms with Crippen LogP contribution in [0.25, 0.3) is 11.0 Å². The number of pyridine rings is 2. The minimum absolute atomic E-state index is 0.0580. The van der Waals surface area contributed by atoms with Gasteiger partial charge in [0.25, 0.3) is 5.91 Å². The van der Waals surface area contributed by atoms with E-state index in [1.165, 1.54) is 6.42 Å². The maximum absolute atomic E-state index is 13.6. The number of aryl methyl sites for hydroxylation is 2. The molecule has 1 aliphatic rings. The molecule has 3 heterocycles. The molecule has 0 aliphatic carbocycles. The first-order valence-corrected chi connectivity index (χ1v) is 10.5. The van der Waals surface area contributed by atoms with Gasteiger partial charge in [0.2, 0.25) is 0 Å². The lowest BCUT2D eigenvalue weighted by Crippen LogP contribution is -2.43. The highest BCUT2D eigenvalue weighted by molar-refractivity contribution is 6.07. The van der Waals surface area contributed by atoms with Gasteiger partial charge in [0.15, 0.2) is 5.65 Å². The number of carbonyl (C=O) groups is 1. The average Bonchev–Trinajstić information content (AvgIpc) is 2.74. The van der Waals surface area contributed by atoms with E-state index in [4.69, 9.17) is 0 Å². The monoisotopic (exact) mass is 388 g/mol. The fraction of sp³-hybridized carbons (Fsp3) is 0.375. The van der Waals surface area contributed by atoms with Crippen molar-refractivity contribution in [1.29, 1.82) is 0 Å². The van der Waals surface area contributed by atoms with Crippen LogP contribution in [-0.2, 0) is 0 Å². The van der Waals surface area contributed by atoms with E-state index < -0.39 is 0 Å². The van der Waals surface area contributed by atoms with E-state index in [9.17, 15) is 4.79 Å². The molecule has 1 aliphatic heterocycles. The van der Waals surface area contributed by atoms with Gasteiger partial charge in [-0.2, -0.15) is 0 Å². The minimum Gasteiger partial charge on any atom is -0.354 e. The molecule has 150 valence electrons. The predicted octanol–water partition coefficient (Wildman–Crippen LogP) is 5.39. The first kappa shape index (κ1) is 19.4. The number of fused-ring (bicyclic) bond motifs is 1. The molecule has 1 atom stereocenters. The fourth-order valence-electron chi connectivity index (χ4n) is 4.16. The number of benzene rings is 1. The molecule has 5 heteroatoms. The number of para-hydroxylation sites is 1. The Morgan fingerprint density at radius 3 is 2.79 bits per heavy atom. The van der Waals surface area contributed by atoms with Crippen LogP contribution in [-0.4, -0.2) is 33.4 Å². The van der Waals surface area contributed by atoms with E-state index in [0.29, 0.717) is 17.3 Å². The van der Waals surface area contributed by atoms with Gasteiger partial charge in [-0.05, 0) is 63.3 Å². The van der Waals surface area contributed by atoms with Crippen molar-refractivity contribution < 1.29 is 4.79 Å². The molecule has 0 saturated carbocycles. The van der Waals surface area contributed by atoms with Crippen molar-refractivity contribution in [2.45, 2.75) is 52.5 Å². The second-order valence-electron chi connectivity index (χ2n) is 7.87. The molecule has 1 saturated heterocycles. The molecule has 0 bridgehead atoms. The first-order chi connectivity index (χ1) is 14.1. The van der Waals surface area contributed by atoms with Gasteiger partial charge < -0.3 is 10.2 Å². The van der Waals surface area contributed by atoms with Crippen LogP contribution in [0.1, 0.15) is 54.2 Å². The highest BCUT2D eigenvalue weighted by Gasteiger charge is 2.28. The van der Waals surface area contributed by atoms with Gasteiger partial charge in [0.1, 0.15) is 0 Å². The van der Waals surface area contributed by atoms with Crippen molar-refractivity contribution in [3.05, 3.63) is 59.4 Å². The SMILES string of the molecule is CCC1CCCCN1C(=O)c1cnc2nc(C)ccc2c1Nc1ccccc1C. The fourth-order valence-corrected chi connectivity index (χ4v) is 4.16. The zero-order valence-corrected chi connectivity index (χ0v) is 17.4. The number of aromatic nitrogens is 2. The van der Waals surface area contributed by atoms with Crippen molar-refractivity contribution in [2.75, 3.05) is 11.9 Å². The third-order valence-corrected chi connectivity index (χ3v) is 5.86. The Hall–Kier alpha value is -2.95. The van der Waals surface area contributed by atoms with E-state index >= 15 is 0 Å². The third-order valence-electron chi connectivity index (χ3n) is 5.86. The first-order valence-electron chi connectivity index (χ1n) is 10.5. The Bertz CT molecular complexity index is 1050. The number of carbonyl (C=O) groups excluding carboxylic acids is 1. The quantitative estimate of drug-likeness (QED) is 0.650. The number of hydrogen-bond acceptors (Lipinski definition) is 4. The summed E-state index contributed by atoms with van der Waals surface area (Å²) in [6.07, 6.45) is 6.00. The number of rotatable bonds is 4. The standard InChI is InChI=1S/C24H28N4O/c1-4-18-10-7-8-14-28(18)24(29)20-15-25-23-19(13-12-17(3)26-23)22(20)27-21-11-6-5-9-16(21)2/h5-6,9,11-13,15,18H,4,7-8,10,14H2,1-3H3,(H,25,26,27). The Balaban J connectivity index is 1.83. The summed E-state index contributed by atoms with van der Waals surface area (Å²) in [7, 11) is 0. The molecule has 0 radical (unpaired) electrons. The van der Waals surface area contributed by atoms with E-state index in [-0.39, 0.29) is 5.91 Å². The number of nitrogens with one attached hydrogen (secondary N) is 1. The summed E-state index contributed by atoms with van der Waals surface area (Å²) in [6, 6.07) is 12.4. The van der Waals surface area contributed by atoms with E-state index in [1.807, 2.05) is 42.2 Å². The van der Waals surface area contributed by atoms with Gasteiger partial charge in [-0.25, -0.2) is 9.97 Å². The van der Waals surface area contributed by atoms with Crippen LogP contribution in [0.2, 0.25) is 0 Å². The topological polar surface area (TPSA) is 58.1 Å². The zero-order chi connectivity index (χ0) is 20.4. The van der Waals surface area contributed by atoms with Gasteiger partial charge in [0, 0.05) is 35.6 Å². The lowest BCUT2D eigenvalue weighted by atomic mass is 9.98. The number of hydrogen-bond donors (Lipinski definition) is 1. The summed E-state index contributed by atoms with van der Waals surface area (Å²) >= 11 is 0. The normalized spacial score (nSPS) is 16.8. The number of piperidine rings is 1. The molecule has 29 heavy (non-hydrogen) atoms. The maximum Gasteiger partial charge on any atom is 0.257 e. The van der Waals surface area contributed by atoms with Crippen LogP contribution >= 0.6 is 0 Å². The summed E-state index contributed by atoms with van der Waals surface area (Å²) in [4.78, 5) is 24.7. The molecule has 0 spiro atoms. The van der Waals surface area contributed by atoms with E-state index in [2.05, 4.69) is 35.2 Å². The maximum atomic E-state index is 13.6. The van der Waals surface area contributed by atoms with Crippen molar-refractivity contribution in [1.82, 2.24) is 14.9 Å². The average molecular weight is 389 g/mol. The van der Waals surface area contributed by atoms with Crippen LogP contribution in [0, 0.1) is 13.8 Å². The number of nitrogens with zero attached hydrogens (tertiary/aromatic N) is 3. The van der Waals surface area contributed by atoms with Gasteiger partial charge in [0.05, 0.1) is 11.3 Å². The third kappa shape index (κ3) is 3.82. The predicted molar refractivity (Wildman–Crippen MR) is 118 cm³/mol. The van der Waals surface area contributed by atoms with Gasteiger partial charge in [-0.15, -0.1) is 0 Å². The Morgan fingerprint density at radius 1 is 1.17 bits per heavy atom. The molecule has 1 amide bonds. The number of likely N-dealkylation sites (tertiary alicyclic amines) is 1. The molecular formula is C24H28N4O. The van der Waals surface area contributed by atoms with Crippen LogP contribution in [0.5, 0.6) is 0 Å². The molecule has 3 aromatic rings. The van der Waals surface area contributed by atoms with Crippen LogP contribution in [0.3, 0.4) is 0 Å². The van der Waals surface area contributed by atoms with Crippen molar-refractivity contribution in [2.24, 2.45) is 0 Å². The van der Waals surface area contributed by atoms with Gasteiger partial charge >= 0.3 is 0 Å². The molecule has 1 N–H and O–H groups in total. The number of anilines is 2. The summed E-state index contributed by atoms with van der Waals surface area (Å²) in [5, 5.41) is 4.40. The highest BCUT2D eigenvalue weighted by Crippen LogP contribution is 2.32. The smallest absolute Gasteiger partial charge is 0.257 e. The lowest BCUT2D eigenvalue weighted by molar-refractivity contribution is 0.0609. The second kappa shape index (κ2) is 8.19. The minimum atomic E-state index is 0.0580. The van der Waals surface area contributed by atoms with Crippen molar-refractivity contribution >= 4 is 28.3 Å². The molecule has 4 rings (SSSR count). The zero-order valence-electron chi connectivity index (χ0n) is 17.4. The van der Waals surface area contributed by atoms with Crippen LogP contribution < -0.4 is 5.32 Å². The number of amides is 1. The molecule has 5 nitrogen and oxygen atoms in total. The molecular weight excluding hydrogens is 360 g/mol. The van der Waals surface area contributed by atoms with Crippen molar-refractivity contribution in [3.63, 3.8) is 0 Å². The van der Waals surface area contributed by atoms with Gasteiger partial charge in [-0.3, -0.25) is 4.79 Å². The summed E-state index contributed by atoms with van der Waals surface area (Å²) in [6.45, 7) is 6.99.